The number of hydrogen-bond acceptors (Lipinski definition) is 3. The van der Waals surface area contributed by atoms with E-state index in [0.29, 0.717) is 0 Å². The number of halogens is 2. The molecule has 0 unspecified atom stereocenters. The predicted octanol–water partition coefficient (Wildman–Crippen LogP) is 3.47. The highest BCUT2D eigenvalue weighted by Gasteiger charge is 2.13. The van der Waals surface area contributed by atoms with E-state index in [2.05, 4.69) is 0 Å². The average Bonchev–Trinajstić information content (AvgIpc) is 2.47. The van der Waals surface area contributed by atoms with Crippen molar-refractivity contribution in [3.63, 3.8) is 0 Å². The molecular formula is C16H13F2NO2. The van der Waals surface area contributed by atoms with Crippen molar-refractivity contribution in [3.05, 3.63) is 64.7 Å². The number of nitrogens with zero attached hydrogens (tertiary/aromatic N) is 1. The van der Waals surface area contributed by atoms with Crippen molar-refractivity contribution >= 4 is 0 Å². The lowest BCUT2D eigenvalue weighted by Crippen LogP contribution is -2.04. The monoisotopic (exact) mass is 289 g/mol. The lowest BCUT2D eigenvalue weighted by atomic mass is 10.1. The van der Waals surface area contributed by atoms with Gasteiger partial charge in [-0.15, -0.1) is 0 Å². The van der Waals surface area contributed by atoms with Crippen LogP contribution < -0.4 is 4.74 Å². The number of rotatable bonds is 4. The Morgan fingerprint density at radius 2 is 2.05 bits per heavy atom. The zero-order valence-corrected chi connectivity index (χ0v) is 11.3. The molecule has 0 aliphatic carbocycles. The molecule has 2 rings (SSSR count). The van der Waals surface area contributed by atoms with Crippen molar-refractivity contribution < 1.29 is 18.6 Å². The van der Waals surface area contributed by atoms with Crippen LogP contribution in [0, 0.1) is 23.0 Å². The van der Waals surface area contributed by atoms with Crippen molar-refractivity contribution in [1.29, 1.82) is 5.26 Å². The Kier molecular flexibility index (Phi) is 4.51. The lowest BCUT2D eigenvalue weighted by Gasteiger charge is -2.14. The molecule has 0 amide bonds. The molecule has 108 valence electrons. The van der Waals surface area contributed by atoms with Gasteiger partial charge in [0.05, 0.1) is 11.7 Å². The molecule has 21 heavy (non-hydrogen) atoms. The highest BCUT2D eigenvalue weighted by Crippen LogP contribution is 2.27. The Balaban J connectivity index is 2.23. The molecular weight excluding hydrogens is 276 g/mol. The largest absolute Gasteiger partial charge is 0.488 e. The molecule has 0 bridgehead atoms. The minimum atomic E-state index is -0.911. The van der Waals surface area contributed by atoms with Crippen LogP contribution in [-0.2, 0) is 6.61 Å². The maximum absolute atomic E-state index is 13.9. The van der Waals surface area contributed by atoms with Crippen LogP contribution in [-0.4, -0.2) is 5.11 Å². The van der Waals surface area contributed by atoms with E-state index < -0.39 is 17.7 Å². The van der Waals surface area contributed by atoms with Gasteiger partial charge in [-0.2, -0.15) is 5.26 Å². The first-order chi connectivity index (χ1) is 10.0. The van der Waals surface area contributed by atoms with Crippen molar-refractivity contribution in [3.8, 4) is 11.8 Å². The van der Waals surface area contributed by atoms with E-state index >= 15 is 0 Å². The van der Waals surface area contributed by atoms with Crippen LogP contribution in [0.15, 0.2) is 36.4 Å². The van der Waals surface area contributed by atoms with Crippen molar-refractivity contribution in [2.45, 2.75) is 19.6 Å². The lowest BCUT2D eigenvalue weighted by molar-refractivity contribution is 0.189. The first-order valence-corrected chi connectivity index (χ1v) is 6.30. The summed E-state index contributed by atoms with van der Waals surface area (Å²) in [5.41, 5.74) is 0.438. The Labute approximate surface area is 121 Å². The Morgan fingerprint density at radius 1 is 1.29 bits per heavy atom. The average molecular weight is 289 g/mol. The molecule has 0 spiro atoms. The number of aliphatic hydroxyl groups excluding tert-OH is 1. The van der Waals surface area contributed by atoms with Crippen LogP contribution in [0.2, 0.25) is 0 Å². The van der Waals surface area contributed by atoms with E-state index in [1.165, 1.54) is 37.3 Å². The second-order valence-corrected chi connectivity index (χ2v) is 4.54. The number of aliphatic hydroxyl groups is 1. The van der Waals surface area contributed by atoms with Crippen LogP contribution in [0.25, 0.3) is 0 Å². The summed E-state index contributed by atoms with van der Waals surface area (Å²) in [6, 6.07) is 9.93. The molecule has 0 aliphatic rings. The third kappa shape index (κ3) is 3.36. The summed E-state index contributed by atoms with van der Waals surface area (Å²) in [4.78, 5) is 0. The van der Waals surface area contributed by atoms with Gasteiger partial charge in [-0.25, -0.2) is 8.78 Å². The first-order valence-electron chi connectivity index (χ1n) is 6.30. The maximum atomic E-state index is 13.9. The highest BCUT2D eigenvalue weighted by molar-refractivity contribution is 5.37. The molecule has 0 aliphatic heterocycles. The van der Waals surface area contributed by atoms with Gasteiger partial charge in [0.1, 0.15) is 30.1 Å². The Morgan fingerprint density at radius 3 is 2.71 bits per heavy atom. The van der Waals surface area contributed by atoms with Gasteiger partial charge in [-0.1, -0.05) is 12.1 Å². The van der Waals surface area contributed by atoms with Crippen LogP contribution in [0.5, 0.6) is 5.75 Å². The Bertz CT molecular complexity index is 693. The van der Waals surface area contributed by atoms with E-state index in [1.54, 1.807) is 12.1 Å². The molecule has 2 aromatic rings. The first kappa shape index (κ1) is 14.9. The summed E-state index contributed by atoms with van der Waals surface area (Å²) in [6.07, 6.45) is -0.911. The van der Waals surface area contributed by atoms with E-state index in [9.17, 15) is 13.9 Å². The van der Waals surface area contributed by atoms with Crippen LogP contribution in [0.4, 0.5) is 8.78 Å². The minimum absolute atomic E-state index is 0.0639. The summed E-state index contributed by atoms with van der Waals surface area (Å²) < 4.78 is 32.5. The summed E-state index contributed by atoms with van der Waals surface area (Å²) in [5.74, 6) is -0.857. The fourth-order valence-corrected chi connectivity index (χ4v) is 1.91. The predicted molar refractivity (Wildman–Crippen MR) is 72.5 cm³/mol. The van der Waals surface area contributed by atoms with Crippen molar-refractivity contribution in [1.82, 2.24) is 0 Å². The number of hydrogen-bond donors (Lipinski definition) is 1. The van der Waals surface area contributed by atoms with E-state index in [4.69, 9.17) is 10.00 Å². The molecule has 1 atom stereocenters. The van der Waals surface area contributed by atoms with Gasteiger partial charge in [0.2, 0.25) is 0 Å². The van der Waals surface area contributed by atoms with Crippen LogP contribution >= 0.6 is 0 Å². The minimum Gasteiger partial charge on any atom is -0.488 e. The van der Waals surface area contributed by atoms with Crippen molar-refractivity contribution in [2.24, 2.45) is 0 Å². The van der Waals surface area contributed by atoms with E-state index in [0.717, 1.165) is 0 Å². The third-order valence-electron chi connectivity index (χ3n) is 3.00. The summed E-state index contributed by atoms with van der Waals surface area (Å²) in [5, 5.41) is 18.4. The van der Waals surface area contributed by atoms with Crippen LogP contribution in [0.3, 0.4) is 0 Å². The summed E-state index contributed by atoms with van der Waals surface area (Å²) in [7, 11) is 0. The number of nitriles is 1. The van der Waals surface area contributed by atoms with Gasteiger partial charge >= 0.3 is 0 Å². The number of benzene rings is 2. The maximum Gasteiger partial charge on any atom is 0.147 e. The smallest absolute Gasteiger partial charge is 0.147 e. The quantitative estimate of drug-likeness (QED) is 0.937. The normalized spacial score (nSPS) is 11.8. The van der Waals surface area contributed by atoms with Gasteiger partial charge in [0.15, 0.2) is 0 Å². The van der Waals surface area contributed by atoms with Gasteiger partial charge in [0, 0.05) is 11.1 Å². The van der Waals surface area contributed by atoms with Gasteiger partial charge in [0.25, 0.3) is 0 Å². The molecule has 5 heteroatoms. The SMILES string of the molecule is C[C@@H](O)c1cc(F)ccc1OCc1cccc(C#N)c1F. The van der Waals surface area contributed by atoms with Crippen LogP contribution in [0.1, 0.15) is 29.7 Å². The van der Waals surface area contributed by atoms with Gasteiger partial charge < -0.3 is 9.84 Å². The van der Waals surface area contributed by atoms with Crippen molar-refractivity contribution in [2.75, 3.05) is 0 Å². The summed E-state index contributed by atoms with van der Waals surface area (Å²) in [6.45, 7) is 1.37. The third-order valence-corrected chi connectivity index (χ3v) is 3.00. The van der Waals surface area contributed by atoms with E-state index in [1.807, 2.05) is 0 Å². The molecule has 0 fully saturated rings. The molecule has 1 N–H and O–H groups in total. The Hall–Kier alpha value is -2.45. The summed E-state index contributed by atoms with van der Waals surface area (Å²) >= 11 is 0. The second-order valence-electron chi connectivity index (χ2n) is 4.54. The highest BCUT2D eigenvalue weighted by atomic mass is 19.1. The molecule has 0 heterocycles. The van der Waals surface area contributed by atoms with Gasteiger partial charge in [-0.05, 0) is 31.2 Å². The second kappa shape index (κ2) is 6.33. The zero-order valence-electron chi connectivity index (χ0n) is 11.3. The fourth-order valence-electron chi connectivity index (χ4n) is 1.91. The molecule has 0 saturated carbocycles. The molecule has 0 aromatic heterocycles. The zero-order chi connectivity index (χ0) is 15.4. The standard InChI is InChI=1S/C16H13F2NO2/c1-10(20)14-7-13(17)5-6-15(14)21-9-12-4-2-3-11(8-19)16(12)18/h2-7,10,20H,9H2,1H3/t10-/m1/s1. The molecule has 0 radical (unpaired) electrons. The molecule has 2 aromatic carbocycles. The molecule has 0 saturated heterocycles. The number of ether oxygens (including phenoxy) is 1. The fraction of sp³-hybridized carbons (Fsp3) is 0.188. The van der Waals surface area contributed by atoms with E-state index in [-0.39, 0.29) is 29.0 Å². The van der Waals surface area contributed by atoms with Gasteiger partial charge in [-0.3, -0.25) is 0 Å². The molecule has 3 nitrogen and oxygen atoms in total. The topological polar surface area (TPSA) is 53.2 Å².